The number of alkyl halides is 2. The average Bonchev–Trinajstić information content (AvgIpc) is 3.51. The molecule has 12 nitrogen and oxygen atoms in total. The predicted octanol–water partition coefficient (Wildman–Crippen LogP) is 2.38. The summed E-state index contributed by atoms with van der Waals surface area (Å²) < 4.78 is 84.2. The van der Waals surface area contributed by atoms with Crippen LogP contribution in [0.3, 0.4) is 0 Å². The van der Waals surface area contributed by atoms with Gasteiger partial charge in [-0.15, -0.1) is 0 Å². The van der Waals surface area contributed by atoms with Crippen LogP contribution in [0.15, 0.2) is 0 Å². The number of carbonyl (C=O) groups is 4. The van der Waals surface area contributed by atoms with E-state index in [1.165, 1.54) is 0 Å². The van der Waals surface area contributed by atoms with Gasteiger partial charge in [-0.3, -0.25) is 23.7 Å². The Bertz CT molecular complexity index is 1110. The van der Waals surface area contributed by atoms with Crippen LogP contribution in [0, 0.1) is 29.6 Å². The molecule has 1 aliphatic heterocycles. The van der Waals surface area contributed by atoms with Gasteiger partial charge in [0.15, 0.2) is 6.10 Å². The summed E-state index contributed by atoms with van der Waals surface area (Å²) in [7, 11) is -5.83. The van der Waals surface area contributed by atoms with Crippen LogP contribution in [0.5, 0.6) is 0 Å². The highest BCUT2D eigenvalue weighted by Gasteiger charge is 2.70. The van der Waals surface area contributed by atoms with Crippen molar-refractivity contribution >= 4 is 34.0 Å². The molecule has 8 unspecified atom stereocenters. The van der Waals surface area contributed by atoms with Gasteiger partial charge >= 0.3 is 39.2 Å². The number of esters is 4. The van der Waals surface area contributed by atoms with Gasteiger partial charge in [-0.25, -0.2) is 0 Å². The summed E-state index contributed by atoms with van der Waals surface area (Å²) in [5.74, 6) is -5.89. The normalized spacial score (nSPS) is 31.4. The highest BCUT2D eigenvalue weighted by molar-refractivity contribution is 7.86. The lowest BCUT2D eigenvalue weighted by atomic mass is 9.78. The van der Waals surface area contributed by atoms with Gasteiger partial charge in [0.1, 0.15) is 12.2 Å². The molecule has 1 N–H and O–H groups in total. The van der Waals surface area contributed by atoms with Crippen LogP contribution in [-0.4, -0.2) is 73.3 Å². The molecule has 2 bridgehead atoms. The van der Waals surface area contributed by atoms with Crippen LogP contribution in [0.25, 0.3) is 0 Å². The van der Waals surface area contributed by atoms with E-state index < -0.39 is 94.4 Å². The van der Waals surface area contributed by atoms with Crippen molar-refractivity contribution < 1.29 is 64.6 Å². The lowest BCUT2D eigenvalue weighted by Gasteiger charge is -2.33. The first kappa shape index (κ1) is 30.6. The zero-order valence-electron chi connectivity index (χ0n) is 22.2. The van der Waals surface area contributed by atoms with Crippen molar-refractivity contribution in [3.05, 3.63) is 0 Å². The van der Waals surface area contributed by atoms with Crippen molar-refractivity contribution in [2.24, 2.45) is 29.6 Å². The lowest BCUT2D eigenvalue weighted by Crippen LogP contribution is -2.45. The van der Waals surface area contributed by atoms with E-state index in [1.54, 1.807) is 6.92 Å². The molecule has 4 fully saturated rings. The SMILES string of the molecule is CCOC(OC(=O)C1C2CC3C(OC(=O)C31)C2OC(=O)CCC(=O)OC(C)C(F)(F)S(=O)(=O)O)C1CCCCC1. The molecule has 1 saturated heterocycles. The molecule has 226 valence electrons. The number of halogens is 2. The Morgan fingerprint density at radius 3 is 2.35 bits per heavy atom. The third-order valence-corrected chi connectivity index (χ3v) is 9.36. The number of hydrogen-bond donors (Lipinski definition) is 1. The Kier molecular flexibility index (Phi) is 9.05. The highest BCUT2D eigenvalue weighted by Crippen LogP contribution is 2.59. The fraction of sp³-hybridized carbons (Fsp3) is 0.840. The van der Waals surface area contributed by atoms with Gasteiger partial charge in [0, 0.05) is 24.4 Å². The molecule has 0 aromatic carbocycles. The smallest absolute Gasteiger partial charge is 0.405 e. The molecule has 0 aromatic rings. The molecule has 0 amide bonds. The number of hydrogen-bond acceptors (Lipinski definition) is 11. The van der Waals surface area contributed by atoms with Crippen LogP contribution in [0.2, 0.25) is 0 Å². The van der Waals surface area contributed by atoms with Gasteiger partial charge in [0.2, 0.25) is 6.29 Å². The standard InChI is InChI=1S/C25H34F2O12S/c1-3-35-24(13-7-5-4-6-8-13)39-23(31)19-14-11-15-18(19)22(30)38-21(15)20(14)37-17(29)10-9-16(28)36-12(2)25(26,27)40(32,33)34/h12-15,18-21,24H,3-11H2,1-2H3,(H,32,33,34). The van der Waals surface area contributed by atoms with Gasteiger partial charge in [-0.2, -0.15) is 17.2 Å². The number of carbonyl (C=O) groups excluding carboxylic acids is 4. The second kappa shape index (κ2) is 11.8. The zero-order chi connectivity index (χ0) is 29.4. The summed E-state index contributed by atoms with van der Waals surface area (Å²) in [5.41, 5.74) is 0. The Balaban J connectivity index is 1.35. The van der Waals surface area contributed by atoms with Crippen LogP contribution in [0.4, 0.5) is 8.78 Å². The number of fused-ring (bicyclic) bond motifs is 1. The predicted molar refractivity (Wildman–Crippen MR) is 128 cm³/mol. The minimum absolute atomic E-state index is 0.0491. The van der Waals surface area contributed by atoms with Crippen molar-refractivity contribution in [3.63, 3.8) is 0 Å². The fourth-order valence-electron chi connectivity index (χ4n) is 6.45. The third kappa shape index (κ3) is 5.96. The van der Waals surface area contributed by atoms with Crippen molar-refractivity contribution in [2.75, 3.05) is 6.61 Å². The van der Waals surface area contributed by atoms with Gasteiger partial charge in [0.05, 0.1) is 24.7 Å². The molecule has 15 heteroatoms. The largest absolute Gasteiger partial charge is 0.458 e. The Labute approximate surface area is 230 Å². The lowest BCUT2D eigenvalue weighted by molar-refractivity contribution is -0.202. The maximum Gasteiger partial charge on any atom is 0.405 e. The summed E-state index contributed by atoms with van der Waals surface area (Å²) in [6, 6.07) is 0. The zero-order valence-corrected chi connectivity index (χ0v) is 23.0. The molecule has 40 heavy (non-hydrogen) atoms. The minimum Gasteiger partial charge on any atom is -0.458 e. The van der Waals surface area contributed by atoms with Gasteiger partial charge in [-0.1, -0.05) is 19.3 Å². The first-order valence-corrected chi connectivity index (χ1v) is 15.0. The highest BCUT2D eigenvalue weighted by atomic mass is 32.2. The summed E-state index contributed by atoms with van der Waals surface area (Å²) in [6.45, 7) is 2.72. The first-order chi connectivity index (χ1) is 18.8. The quantitative estimate of drug-likeness (QED) is 0.151. The van der Waals surface area contributed by atoms with E-state index in [9.17, 15) is 36.4 Å². The number of ether oxygens (including phenoxy) is 5. The van der Waals surface area contributed by atoms with E-state index in [4.69, 9.17) is 23.5 Å². The minimum atomic E-state index is -5.83. The van der Waals surface area contributed by atoms with E-state index in [1.807, 2.05) is 0 Å². The molecule has 0 radical (unpaired) electrons. The van der Waals surface area contributed by atoms with Crippen LogP contribution >= 0.6 is 0 Å². The second-order valence-corrected chi connectivity index (χ2v) is 12.3. The summed E-state index contributed by atoms with van der Waals surface area (Å²) in [6.07, 6.45) is -1.07. The van der Waals surface area contributed by atoms with Crippen molar-refractivity contribution in [1.82, 2.24) is 0 Å². The maximum absolute atomic E-state index is 13.6. The maximum atomic E-state index is 13.6. The van der Waals surface area contributed by atoms with Gasteiger partial charge in [0.25, 0.3) is 0 Å². The fourth-order valence-corrected chi connectivity index (χ4v) is 6.92. The summed E-state index contributed by atoms with van der Waals surface area (Å²) in [4.78, 5) is 50.4. The summed E-state index contributed by atoms with van der Waals surface area (Å²) >= 11 is 0. The van der Waals surface area contributed by atoms with Crippen molar-refractivity contribution in [1.29, 1.82) is 0 Å². The Hall–Kier alpha value is -2.39. The van der Waals surface area contributed by atoms with E-state index in [0.717, 1.165) is 32.1 Å². The number of rotatable bonds is 12. The molecule has 3 saturated carbocycles. The molecule has 3 aliphatic carbocycles. The first-order valence-electron chi connectivity index (χ1n) is 13.5. The van der Waals surface area contributed by atoms with E-state index in [-0.39, 0.29) is 11.8 Å². The van der Waals surface area contributed by atoms with E-state index in [0.29, 0.717) is 20.0 Å². The molecule has 1 heterocycles. The van der Waals surface area contributed by atoms with Gasteiger partial charge < -0.3 is 23.7 Å². The second-order valence-electron chi connectivity index (χ2n) is 10.8. The van der Waals surface area contributed by atoms with Gasteiger partial charge in [-0.05, 0) is 33.1 Å². The molecule has 4 rings (SSSR count). The molecular formula is C25H34F2O12S. The van der Waals surface area contributed by atoms with Crippen LogP contribution in [0.1, 0.15) is 65.2 Å². The topological polar surface area (TPSA) is 169 Å². The summed E-state index contributed by atoms with van der Waals surface area (Å²) in [5, 5.41) is -4.74. The third-order valence-electron chi connectivity index (χ3n) is 8.34. The molecular weight excluding hydrogens is 562 g/mol. The molecule has 4 aliphatic rings. The molecule has 0 spiro atoms. The molecule has 0 aromatic heterocycles. The molecule has 8 atom stereocenters. The van der Waals surface area contributed by atoms with Crippen molar-refractivity contribution in [2.45, 2.75) is 95.1 Å². The Morgan fingerprint density at radius 2 is 1.73 bits per heavy atom. The van der Waals surface area contributed by atoms with Crippen molar-refractivity contribution in [3.8, 4) is 0 Å². The van der Waals surface area contributed by atoms with E-state index >= 15 is 0 Å². The Morgan fingerprint density at radius 1 is 1.07 bits per heavy atom. The van der Waals surface area contributed by atoms with E-state index in [2.05, 4.69) is 4.74 Å². The monoisotopic (exact) mass is 596 g/mol. The van der Waals surface area contributed by atoms with Crippen LogP contribution in [-0.2, 0) is 53.0 Å². The van der Waals surface area contributed by atoms with Crippen LogP contribution < -0.4 is 0 Å². The average molecular weight is 597 g/mol.